The van der Waals surface area contributed by atoms with Gasteiger partial charge >= 0.3 is 5.97 Å². The number of carboxylic acid groups (broad SMARTS) is 1. The molecule has 0 radical (unpaired) electrons. The van der Waals surface area contributed by atoms with Crippen LogP contribution in [0.3, 0.4) is 0 Å². The van der Waals surface area contributed by atoms with Gasteiger partial charge in [0.2, 0.25) is 0 Å². The Labute approximate surface area is 267 Å². The number of hydrogen-bond donors (Lipinski definition) is 1. The minimum atomic E-state index is -0.746. The number of carboxylic acids is 1. The van der Waals surface area contributed by atoms with Gasteiger partial charge in [0.1, 0.15) is 18.4 Å². The molecule has 7 heteroatoms. The van der Waals surface area contributed by atoms with Crippen molar-refractivity contribution in [2.45, 2.75) is 65.6 Å². The number of aryl methyl sites for hydroxylation is 1. The summed E-state index contributed by atoms with van der Waals surface area (Å²) in [6, 6.07) is 16.4. The Morgan fingerprint density at radius 3 is 2.52 bits per heavy atom. The molecule has 234 valence electrons. The maximum Gasteiger partial charge on any atom is 0.320 e. The number of likely N-dealkylation sites (tertiary alicyclic amines) is 1. The molecule has 2 aliphatic rings. The smallest absolute Gasteiger partial charge is 0.320 e. The minimum Gasteiger partial charge on any atom is -0.487 e. The van der Waals surface area contributed by atoms with Gasteiger partial charge in [0.15, 0.2) is 0 Å². The van der Waals surface area contributed by atoms with Crippen LogP contribution in [0.4, 0.5) is 0 Å². The van der Waals surface area contributed by atoms with Crippen LogP contribution in [0.15, 0.2) is 54.6 Å². The van der Waals surface area contributed by atoms with Gasteiger partial charge in [-0.25, -0.2) is 0 Å². The number of morpholine rings is 1. The molecule has 2 aliphatic heterocycles. The van der Waals surface area contributed by atoms with Gasteiger partial charge in [-0.15, -0.1) is 0 Å². The topological polar surface area (TPSA) is 62.2 Å². The van der Waals surface area contributed by atoms with E-state index in [1.54, 1.807) is 0 Å². The number of halogens is 1. The maximum absolute atomic E-state index is 11.8. The Morgan fingerprint density at radius 2 is 1.75 bits per heavy atom. The van der Waals surface area contributed by atoms with Crippen molar-refractivity contribution in [2.24, 2.45) is 0 Å². The third-order valence-corrected chi connectivity index (χ3v) is 9.47. The average Bonchev–Trinajstić information content (AvgIpc) is 3.02. The van der Waals surface area contributed by atoms with Crippen LogP contribution < -0.4 is 4.74 Å². The lowest BCUT2D eigenvalue weighted by Crippen LogP contribution is -2.44. The van der Waals surface area contributed by atoms with Crippen LogP contribution in [-0.2, 0) is 22.7 Å². The number of piperidine rings is 1. The van der Waals surface area contributed by atoms with Gasteiger partial charge in [-0.1, -0.05) is 66.6 Å². The zero-order valence-electron chi connectivity index (χ0n) is 26.3. The second kappa shape index (κ2) is 15.2. The highest BCUT2D eigenvalue weighted by molar-refractivity contribution is 6.32. The van der Waals surface area contributed by atoms with Crippen molar-refractivity contribution in [1.82, 2.24) is 9.80 Å². The van der Waals surface area contributed by atoms with E-state index in [1.807, 2.05) is 19.1 Å². The van der Waals surface area contributed by atoms with E-state index >= 15 is 0 Å². The van der Waals surface area contributed by atoms with Crippen molar-refractivity contribution in [2.75, 3.05) is 39.4 Å². The van der Waals surface area contributed by atoms with Crippen molar-refractivity contribution >= 4 is 23.6 Å². The lowest BCUT2D eigenvalue weighted by atomic mass is 9.91. The fourth-order valence-electron chi connectivity index (χ4n) is 6.36. The summed E-state index contributed by atoms with van der Waals surface area (Å²) in [7, 11) is 0. The number of carbonyl (C=O) groups is 1. The van der Waals surface area contributed by atoms with Crippen molar-refractivity contribution in [3.05, 3.63) is 93.0 Å². The highest BCUT2D eigenvalue weighted by Crippen LogP contribution is 2.34. The zero-order valence-corrected chi connectivity index (χ0v) is 27.0. The fraction of sp³-hybridized carbons (Fsp3) is 0.432. The molecule has 5 rings (SSSR count). The predicted molar refractivity (Wildman–Crippen MR) is 178 cm³/mol. The van der Waals surface area contributed by atoms with E-state index in [-0.39, 0.29) is 0 Å². The Bertz CT molecular complexity index is 1480. The maximum atomic E-state index is 11.8. The molecule has 3 aromatic rings. The lowest BCUT2D eigenvalue weighted by molar-refractivity contribution is -0.144. The Morgan fingerprint density at radius 1 is 1.00 bits per heavy atom. The molecular weight excluding hydrogens is 572 g/mol. The molecule has 0 amide bonds. The standard InChI is InChI=1S/C37H45ClN2O4/c1-26-22-36(34(38)23-31(26)24-40-17-7-5-15-35(40)37(41)42)44-25-30-12-9-14-33(28(30)3)32-13-8-11-29(27(32)2)10-4-6-16-39-18-20-43-21-19-39/h4,8-14,22-23,35H,5-7,15-21,24-25H2,1-3H3,(H,41,42)/b10-4+/t35-/m0/s1. The van der Waals surface area contributed by atoms with Crippen molar-refractivity contribution in [3.63, 3.8) is 0 Å². The van der Waals surface area contributed by atoms with Crippen molar-refractivity contribution in [1.29, 1.82) is 0 Å². The zero-order chi connectivity index (χ0) is 31.1. The van der Waals surface area contributed by atoms with E-state index in [4.69, 9.17) is 21.1 Å². The lowest BCUT2D eigenvalue weighted by Gasteiger charge is -2.33. The third-order valence-electron chi connectivity index (χ3n) is 9.17. The highest BCUT2D eigenvalue weighted by atomic mass is 35.5. The largest absolute Gasteiger partial charge is 0.487 e. The van der Waals surface area contributed by atoms with Crippen LogP contribution in [-0.4, -0.2) is 66.3 Å². The molecule has 0 unspecified atom stereocenters. The van der Waals surface area contributed by atoms with Crippen LogP contribution in [0.1, 0.15) is 59.1 Å². The van der Waals surface area contributed by atoms with E-state index in [0.29, 0.717) is 30.3 Å². The first-order valence-corrected chi connectivity index (χ1v) is 16.2. The number of hydrogen-bond acceptors (Lipinski definition) is 5. The van der Waals surface area contributed by atoms with E-state index in [1.165, 1.54) is 27.8 Å². The molecule has 0 spiro atoms. The molecule has 1 N–H and O–H groups in total. The molecule has 2 saturated heterocycles. The number of benzene rings is 3. The molecule has 2 fully saturated rings. The Kier molecular flexibility index (Phi) is 11.2. The van der Waals surface area contributed by atoms with Gasteiger partial charge in [-0.3, -0.25) is 14.6 Å². The third kappa shape index (κ3) is 7.91. The van der Waals surface area contributed by atoms with Crippen LogP contribution in [0.5, 0.6) is 5.75 Å². The number of aliphatic carboxylic acids is 1. The van der Waals surface area contributed by atoms with Crippen LogP contribution >= 0.6 is 11.6 Å². The molecule has 3 aromatic carbocycles. The summed E-state index contributed by atoms with van der Waals surface area (Å²) in [6.07, 6.45) is 8.23. The molecule has 0 bridgehead atoms. The monoisotopic (exact) mass is 616 g/mol. The molecule has 0 saturated carbocycles. The van der Waals surface area contributed by atoms with Gasteiger partial charge in [0, 0.05) is 26.2 Å². The van der Waals surface area contributed by atoms with Gasteiger partial charge in [0.05, 0.1) is 18.2 Å². The summed E-state index contributed by atoms with van der Waals surface area (Å²) in [5.41, 5.74) is 9.35. The molecule has 0 aliphatic carbocycles. The Balaban J connectivity index is 1.26. The summed E-state index contributed by atoms with van der Waals surface area (Å²) in [5, 5.41) is 10.2. The molecule has 2 heterocycles. The summed E-state index contributed by atoms with van der Waals surface area (Å²) in [5.74, 6) is -0.101. The summed E-state index contributed by atoms with van der Waals surface area (Å²) >= 11 is 6.71. The minimum absolute atomic E-state index is 0.408. The van der Waals surface area contributed by atoms with Gasteiger partial charge < -0.3 is 14.6 Å². The van der Waals surface area contributed by atoms with Gasteiger partial charge in [0.25, 0.3) is 0 Å². The summed E-state index contributed by atoms with van der Waals surface area (Å²) in [4.78, 5) is 16.3. The second-order valence-electron chi connectivity index (χ2n) is 12.1. The molecule has 6 nitrogen and oxygen atoms in total. The molecule has 44 heavy (non-hydrogen) atoms. The van der Waals surface area contributed by atoms with E-state index in [2.05, 4.69) is 72.2 Å². The fourth-order valence-corrected chi connectivity index (χ4v) is 6.60. The van der Waals surface area contributed by atoms with E-state index < -0.39 is 12.0 Å². The predicted octanol–water partition coefficient (Wildman–Crippen LogP) is 7.69. The first-order chi connectivity index (χ1) is 21.3. The molecule has 0 aromatic heterocycles. The number of nitrogens with zero attached hydrogens (tertiary/aromatic N) is 2. The summed E-state index contributed by atoms with van der Waals surface area (Å²) < 4.78 is 11.7. The average molecular weight is 617 g/mol. The van der Waals surface area contributed by atoms with Crippen LogP contribution in [0.2, 0.25) is 5.02 Å². The molecular formula is C37H45ClN2O4. The normalized spacial score (nSPS) is 18.1. The van der Waals surface area contributed by atoms with Gasteiger partial charge in [-0.2, -0.15) is 0 Å². The van der Waals surface area contributed by atoms with Crippen LogP contribution in [0, 0.1) is 20.8 Å². The summed E-state index contributed by atoms with van der Waals surface area (Å²) in [6.45, 7) is 12.9. The highest BCUT2D eigenvalue weighted by Gasteiger charge is 2.28. The quantitative estimate of drug-likeness (QED) is 0.238. The first kappa shape index (κ1) is 32.2. The SMILES string of the molecule is Cc1cc(OCc2cccc(-c3cccc(/C=C/CCN4CCOCC4)c3C)c2C)c(Cl)cc1CN1CCCC[C@H]1C(=O)O. The van der Waals surface area contributed by atoms with E-state index in [0.717, 1.165) is 75.3 Å². The number of ether oxygens (including phenoxy) is 2. The van der Waals surface area contributed by atoms with Gasteiger partial charge in [-0.05, 0) is 103 Å². The van der Waals surface area contributed by atoms with E-state index in [9.17, 15) is 9.90 Å². The first-order valence-electron chi connectivity index (χ1n) is 15.9. The van der Waals surface area contributed by atoms with Crippen molar-refractivity contribution in [3.8, 4) is 16.9 Å². The van der Waals surface area contributed by atoms with Crippen LogP contribution in [0.25, 0.3) is 17.2 Å². The second-order valence-corrected chi connectivity index (χ2v) is 12.5. The van der Waals surface area contributed by atoms with Crippen molar-refractivity contribution < 1.29 is 19.4 Å². The Hall–Kier alpha value is -3.16. The molecule has 1 atom stereocenters. The number of rotatable bonds is 11.